The molecule has 1 aromatic heterocycles. The zero-order valence-corrected chi connectivity index (χ0v) is 14.5. The summed E-state index contributed by atoms with van der Waals surface area (Å²) in [6.07, 6.45) is 2.68. The summed E-state index contributed by atoms with van der Waals surface area (Å²) in [6.45, 7) is 0.840. The summed E-state index contributed by atoms with van der Waals surface area (Å²) in [7, 11) is 1.97. The van der Waals surface area contributed by atoms with Crippen molar-refractivity contribution in [3.63, 3.8) is 0 Å². The van der Waals surface area contributed by atoms with Crippen LogP contribution in [0.25, 0.3) is 0 Å². The van der Waals surface area contributed by atoms with Crippen molar-refractivity contribution in [3.8, 4) is 0 Å². The molecule has 0 saturated heterocycles. The molecule has 0 aliphatic rings. The number of hydrogen-bond donors (Lipinski definition) is 1. The zero-order valence-electron chi connectivity index (χ0n) is 14.5. The molecule has 0 amide bonds. The van der Waals surface area contributed by atoms with Crippen LogP contribution in [0.15, 0.2) is 71.5 Å². The Bertz CT molecular complexity index is 844. The number of H-pyrrole nitrogens is 1. The summed E-state index contributed by atoms with van der Waals surface area (Å²) in [5.41, 5.74) is 3.17. The van der Waals surface area contributed by atoms with Gasteiger partial charge in [0.1, 0.15) is 0 Å². The van der Waals surface area contributed by atoms with E-state index in [1.807, 2.05) is 48.3 Å². The first-order valence-electron chi connectivity index (χ1n) is 8.60. The maximum atomic E-state index is 12.0. The molecule has 0 unspecified atom stereocenters. The molecule has 3 aromatic rings. The van der Waals surface area contributed by atoms with Crippen LogP contribution in [-0.4, -0.2) is 23.6 Å². The number of rotatable bonds is 7. The molecule has 0 aliphatic carbocycles. The molecule has 0 bridgehead atoms. The fraction of sp³-hybridized carbons (Fsp3) is 0.238. The van der Waals surface area contributed by atoms with Crippen LogP contribution in [0, 0.1) is 0 Å². The van der Waals surface area contributed by atoms with Crippen LogP contribution in [0.3, 0.4) is 0 Å². The van der Waals surface area contributed by atoms with Crippen molar-refractivity contribution in [2.45, 2.75) is 19.3 Å². The predicted molar refractivity (Wildman–Crippen MR) is 102 cm³/mol. The van der Waals surface area contributed by atoms with E-state index >= 15 is 0 Å². The molecule has 128 valence electrons. The van der Waals surface area contributed by atoms with Gasteiger partial charge < -0.3 is 4.90 Å². The van der Waals surface area contributed by atoms with Gasteiger partial charge in [-0.2, -0.15) is 0 Å². The van der Waals surface area contributed by atoms with Gasteiger partial charge in [0.15, 0.2) is 0 Å². The molecule has 3 rings (SSSR count). The third-order valence-electron chi connectivity index (χ3n) is 4.17. The van der Waals surface area contributed by atoms with E-state index in [0.29, 0.717) is 12.4 Å². The van der Waals surface area contributed by atoms with Crippen LogP contribution in [0.4, 0.5) is 5.95 Å². The standard InChI is InChI=1S/C21H23N3O/c1-24(14-8-13-17-9-4-2-5-10-17)21-22-19(16-20(25)23-21)15-18-11-6-3-7-12-18/h2-7,9-12,16H,8,13-15H2,1H3,(H,22,23,25). The summed E-state index contributed by atoms with van der Waals surface area (Å²) < 4.78 is 0. The minimum Gasteiger partial charge on any atom is -0.345 e. The molecule has 0 spiro atoms. The number of benzene rings is 2. The highest BCUT2D eigenvalue weighted by atomic mass is 16.1. The van der Waals surface area contributed by atoms with Crippen LogP contribution in [0.5, 0.6) is 0 Å². The Morgan fingerprint density at radius 2 is 1.60 bits per heavy atom. The Morgan fingerprint density at radius 3 is 2.28 bits per heavy atom. The Morgan fingerprint density at radius 1 is 0.960 bits per heavy atom. The van der Waals surface area contributed by atoms with E-state index < -0.39 is 0 Å². The smallest absolute Gasteiger partial charge is 0.252 e. The SMILES string of the molecule is CN(CCCc1ccccc1)c1nc(Cc2ccccc2)cc(=O)[nH]1. The van der Waals surface area contributed by atoms with Crippen LogP contribution >= 0.6 is 0 Å². The lowest BCUT2D eigenvalue weighted by atomic mass is 10.1. The van der Waals surface area contributed by atoms with Crippen LogP contribution in [-0.2, 0) is 12.8 Å². The molecular formula is C21H23N3O. The first kappa shape index (κ1) is 17.0. The fourth-order valence-electron chi connectivity index (χ4n) is 2.84. The van der Waals surface area contributed by atoms with E-state index in [-0.39, 0.29) is 5.56 Å². The molecule has 1 heterocycles. The first-order valence-corrected chi connectivity index (χ1v) is 8.60. The van der Waals surface area contributed by atoms with Crippen LogP contribution in [0.1, 0.15) is 23.2 Å². The lowest BCUT2D eigenvalue weighted by molar-refractivity contribution is 0.760. The van der Waals surface area contributed by atoms with Gasteiger partial charge in [-0.15, -0.1) is 0 Å². The quantitative estimate of drug-likeness (QED) is 0.721. The normalized spacial score (nSPS) is 10.6. The monoisotopic (exact) mass is 333 g/mol. The summed E-state index contributed by atoms with van der Waals surface area (Å²) in [5, 5.41) is 0. The largest absolute Gasteiger partial charge is 0.345 e. The van der Waals surface area contributed by atoms with Gasteiger partial charge in [0.05, 0.1) is 5.69 Å². The number of hydrogen-bond acceptors (Lipinski definition) is 3. The van der Waals surface area contributed by atoms with Gasteiger partial charge in [-0.25, -0.2) is 4.98 Å². The van der Waals surface area contributed by atoms with Gasteiger partial charge in [0, 0.05) is 26.1 Å². The van der Waals surface area contributed by atoms with Gasteiger partial charge in [0.2, 0.25) is 5.95 Å². The minimum atomic E-state index is -0.106. The molecule has 0 radical (unpaired) electrons. The summed E-state index contributed by atoms with van der Waals surface area (Å²) in [4.78, 5) is 21.5. The topological polar surface area (TPSA) is 49.0 Å². The lowest BCUT2D eigenvalue weighted by Gasteiger charge is -2.18. The van der Waals surface area contributed by atoms with Crippen molar-refractivity contribution in [2.24, 2.45) is 0 Å². The predicted octanol–water partition coefficient (Wildman–Crippen LogP) is 3.43. The number of aromatic nitrogens is 2. The minimum absolute atomic E-state index is 0.106. The summed E-state index contributed by atoms with van der Waals surface area (Å²) >= 11 is 0. The van der Waals surface area contributed by atoms with Crippen molar-refractivity contribution in [3.05, 3.63) is 93.9 Å². The summed E-state index contributed by atoms with van der Waals surface area (Å²) in [5.74, 6) is 0.631. The van der Waals surface area contributed by atoms with Gasteiger partial charge in [-0.3, -0.25) is 9.78 Å². The van der Waals surface area contributed by atoms with Crippen molar-refractivity contribution in [2.75, 3.05) is 18.5 Å². The van der Waals surface area contributed by atoms with Crippen molar-refractivity contribution in [1.82, 2.24) is 9.97 Å². The second kappa shape index (κ2) is 8.29. The van der Waals surface area contributed by atoms with Gasteiger partial charge >= 0.3 is 0 Å². The number of aryl methyl sites for hydroxylation is 1. The Kier molecular flexibility index (Phi) is 5.62. The molecule has 2 aromatic carbocycles. The maximum absolute atomic E-state index is 12.0. The molecule has 4 heteroatoms. The van der Waals surface area contributed by atoms with Gasteiger partial charge in [0.25, 0.3) is 5.56 Å². The third-order valence-corrected chi connectivity index (χ3v) is 4.17. The lowest BCUT2D eigenvalue weighted by Crippen LogP contribution is -2.25. The zero-order chi connectivity index (χ0) is 17.5. The number of aromatic amines is 1. The molecular weight excluding hydrogens is 310 g/mol. The summed E-state index contributed by atoms with van der Waals surface area (Å²) in [6, 6.07) is 22.1. The third kappa shape index (κ3) is 5.05. The molecule has 0 atom stereocenters. The van der Waals surface area contributed by atoms with Crippen LogP contribution < -0.4 is 10.5 Å². The highest BCUT2D eigenvalue weighted by Crippen LogP contribution is 2.10. The maximum Gasteiger partial charge on any atom is 0.252 e. The second-order valence-corrected chi connectivity index (χ2v) is 6.23. The first-order chi connectivity index (χ1) is 12.2. The van der Waals surface area contributed by atoms with Crippen LogP contribution in [0.2, 0.25) is 0 Å². The van der Waals surface area contributed by atoms with Gasteiger partial charge in [-0.05, 0) is 24.0 Å². The van der Waals surface area contributed by atoms with Gasteiger partial charge in [-0.1, -0.05) is 60.7 Å². The van der Waals surface area contributed by atoms with E-state index in [4.69, 9.17) is 0 Å². The fourth-order valence-corrected chi connectivity index (χ4v) is 2.84. The number of nitrogens with one attached hydrogen (secondary N) is 1. The number of anilines is 1. The average molecular weight is 333 g/mol. The molecule has 1 N–H and O–H groups in total. The van der Waals surface area contributed by atoms with Crippen molar-refractivity contribution >= 4 is 5.95 Å². The Hall–Kier alpha value is -2.88. The van der Waals surface area contributed by atoms with E-state index in [9.17, 15) is 4.79 Å². The Labute approximate surface area is 148 Å². The van der Waals surface area contributed by atoms with E-state index in [1.165, 1.54) is 5.56 Å². The highest BCUT2D eigenvalue weighted by Gasteiger charge is 2.07. The number of nitrogens with zero attached hydrogens (tertiary/aromatic N) is 2. The second-order valence-electron chi connectivity index (χ2n) is 6.23. The molecule has 0 saturated carbocycles. The molecule has 0 fully saturated rings. The Balaban J connectivity index is 1.63. The highest BCUT2D eigenvalue weighted by molar-refractivity contribution is 5.31. The van der Waals surface area contributed by atoms with Crippen molar-refractivity contribution < 1.29 is 0 Å². The van der Waals surface area contributed by atoms with E-state index in [2.05, 4.69) is 34.2 Å². The van der Waals surface area contributed by atoms with E-state index in [0.717, 1.165) is 30.6 Å². The molecule has 4 nitrogen and oxygen atoms in total. The molecule has 0 aliphatic heterocycles. The van der Waals surface area contributed by atoms with E-state index in [1.54, 1.807) is 6.07 Å². The molecule has 25 heavy (non-hydrogen) atoms. The average Bonchev–Trinajstić information content (AvgIpc) is 2.63. The van der Waals surface area contributed by atoms with Crippen molar-refractivity contribution in [1.29, 1.82) is 0 Å².